The van der Waals surface area contributed by atoms with E-state index in [-0.39, 0.29) is 18.3 Å². The molecule has 1 saturated heterocycles. The molecule has 0 radical (unpaired) electrons. The van der Waals surface area contributed by atoms with Crippen LogP contribution in [-0.2, 0) is 11.2 Å². The molecule has 1 unspecified atom stereocenters. The summed E-state index contributed by atoms with van der Waals surface area (Å²) in [6.45, 7) is 2.32. The molecule has 3 nitrogen and oxygen atoms in total. The maximum absolute atomic E-state index is 11.6. The average molecular weight is 261 g/mol. The lowest BCUT2D eigenvalue weighted by molar-refractivity contribution is -0.127. The first kappa shape index (κ1) is 13.5. The Morgan fingerprint density at radius 2 is 2.38 bits per heavy atom. The van der Waals surface area contributed by atoms with Crippen LogP contribution in [0.15, 0.2) is 17.5 Å². The van der Waals surface area contributed by atoms with Crippen molar-refractivity contribution in [1.82, 2.24) is 4.90 Å². The number of thiophene rings is 1. The molecule has 2 rings (SSSR count). The van der Waals surface area contributed by atoms with Crippen LogP contribution in [0.3, 0.4) is 0 Å². The Bertz CT molecular complexity index is 329. The largest absolute Gasteiger partial charge is 0.342 e. The molecule has 0 aliphatic carbocycles. The van der Waals surface area contributed by atoms with Gasteiger partial charge in [0.15, 0.2) is 0 Å². The molecule has 0 spiro atoms. The van der Waals surface area contributed by atoms with Crippen LogP contribution < -0.4 is 5.73 Å². The van der Waals surface area contributed by atoms with Crippen molar-refractivity contribution in [2.75, 3.05) is 19.6 Å². The van der Waals surface area contributed by atoms with E-state index >= 15 is 0 Å². The molecule has 0 bridgehead atoms. The summed E-state index contributed by atoms with van der Waals surface area (Å²) >= 11 is 1.75. The number of nitrogens with zero attached hydrogens (tertiary/aromatic N) is 1. The van der Waals surface area contributed by atoms with Gasteiger partial charge in [0.05, 0.1) is 0 Å². The Morgan fingerprint density at radius 3 is 2.94 bits per heavy atom. The molecule has 1 aliphatic heterocycles. The van der Waals surface area contributed by atoms with Gasteiger partial charge in [-0.3, -0.25) is 4.79 Å². The van der Waals surface area contributed by atoms with E-state index in [0.29, 0.717) is 18.9 Å². The number of hydrogen-bond acceptors (Lipinski definition) is 3. The molecular weight excluding hydrogens is 244 g/mol. The summed E-state index contributed by atoms with van der Waals surface area (Å²) in [6, 6.07) is 4.17. The molecule has 1 fully saturated rings. The molecule has 90 valence electrons. The first-order valence-electron chi connectivity index (χ1n) is 5.30. The number of nitrogens with two attached hydrogens (primary N) is 1. The van der Waals surface area contributed by atoms with Crippen LogP contribution in [0.1, 0.15) is 11.3 Å². The zero-order valence-corrected chi connectivity index (χ0v) is 10.7. The quantitative estimate of drug-likeness (QED) is 0.892. The number of amides is 1. The third kappa shape index (κ3) is 3.20. The normalized spacial score (nSPS) is 19.9. The molecular formula is C11H17ClN2OS. The molecule has 1 atom stereocenters. The molecule has 5 heteroatoms. The number of carbonyl (C=O) groups excluding carboxylic acids is 1. The summed E-state index contributed by atoms with van der Waals surface area (Å²) in [5.74, 6) is 0.642. The van der Waals surface area contributed by atoms with Crippen molar-refractivity contribution in [2.24, 2.45) is 11.7 Å². The minimum atomic E-state index is 0. The second-order valence-corrected chi connectivity index (χ2v) is 5.01. The number of halogens is 1. The Kier molecular flexibility index (Phi) is 5.25. The van der Waals surface area contributed by atoms with Crippen LogP contribution in [0.25, 0.3) is 0 Å². The fourth-order valence-corrected chi connectivity index (χ4v) is 2.63. The third-order valence-corrected chi connectivity index (χ3v) is 3.77. The van der Waals surface area contributed by atoms with Crippen LogP contribution in [0.2, 0.25) is 0 Å². The second kappa shape index (κ2) is 6.23. The van der Waals surface area contributed by atoms with E-state index in [1.54, 1.807) is 11.3 Å². The molecule has 1 aliphatic rings. The monoisotopic (exact) mass is 260 g/mol. The molecule has 0 saturated carbocycles. The summed E-state index contributed by atoms with van der Waals surface area (Å²) in [5.41, 5.74) is 5.57. The summed E-state index contributed by atoms with van der Waals surface area (Å²) in [5, 5.41) is 2.07. The van der Waals surface area contributed by atoms with Gasteiger partial charge >= 0.3 is 0 Å². The fraction of sp³-hybridized carbons (Fsp3) is 0.545. The van der Waals surface area contributed by atoms with Crippen LogP contribution in [0, 0.1) is 5.92 Å². The Labute approximate surface area is 106 Å². The lowest BCUT2D eigenvalue weighted by atomic mass is 10.1. The van der Waals surface area contributed by atoms with E-state index in [0.717, 1.165) is 19.5 Å². The highest BCUT2D eigenvalue weighted by atomic mass is 35.5. The predicted molar refractivity (Wildman–Crippen MR) is 69.0 cm³/mol. The second-order valence-electron chi connectivity index (χ2n) is 3.97. The molecule has 1 amide bonds. The van der Waals surface area contributed by atoms with E-state index in [2.05, 4.69) is 17.5 Å². The van der Waals surface area contributed by atoms with Gasteiger partial charge in [-0.25, -0.2) is 0 Å². The maximum atomic E-state index is 11.6. The van der Waals surface area contributed by atoms with Gasteiger partial charge in [0.1, 0.15) is 0 Å². The van der Waals surface area contributed by atoms with E-state index in [9.17, 15) is 4.79 Å². The first-order chi connectivity index (χ1) is 7.29. The highest BCUT2D eigenvalue weighted by Gasteiger charge is 2.27. The Hall–Kier alpha value is -0.580. The smallest absolute Gasteiger partial charge is 0.222 e. The molecule has 0 aromatic carbocycles. The zero-order chi connectivity index (χ0) is 10.7. The summed E-state index contributed by atoms with van der Waals surface area (Å²) in [6.07, 6.45) is 1.61. The van der Waals surface area contributed by atoms with Crippen molar-refractivity contribution in [1.29, 1.82) is 0 Å². The number of carbonyl (C=O) groups is 1. The van der Waals surface area contributed by atoms with Crippen molar-refractivity contribution < 1.29 is 4.79 Å². The fourth-order valence-electron chi connectivity index (χ4n) is 1.93. The van der Waals surface area contributed by atoms with Gasteiger partial charge in [0.2, 0.25) is 5.91 Å². The summed E-state index contributed by atoms with van der Waals surface area (Å²) in [7, 11) is 0. The van der Waals surface area contributed by atoms with Crippen LogP contribution in [0.5, 0.6) is 0 Å². The summed E-state index contributed by atoms with van der Waals surface area (Å²) in [4.78, 5) is 14.9. The van der Waals surface area contributed by atoms with Crippen molar-refractivity contribution in [3.05, 3.63) is 22.4 Å². The minimum Gasteiger partial charge on any atom is -0.342 e. The predicted octanol–water partition coefficient (Wildman–Crippen LogP) is 1.52. The van der Waals surface area contributed by atoms with Crippen molar-refractivity contribution >= 4 is 29.7 Å². The van der Waals surface area contributed by atoms with E-state index in [1.807, 2.05) is 4.90 Å². The Morgan fingerprint density at radius 1 is 1.56 bits per heavy atom. The average Bonchev–Trinajstić information content (AvgIpc) is 2.84. The number of rotatable bonds is 4. The van der Waals surface area contributed by atoms with Crippen LogP contribution in [-0.4, -0.2) is 30.4 Å². The van der Waals surface area contributed by atoms with Gasteiger partial charge < -0.3 is 10.6 Å². The van der Waals surface area contributed by atoms with Gasteiger partial charge in [-0.05, 0) is 30.3 Å². The van der Waals surface area contributed by atoms with Crippen LogP contribution >= 0.6 is 23.7 Å². The first-order valence-corrected chi connectivity index (χ1v) is 6.18. The Balaban J connectivity index is 0.00000128. The van der Waals surface area contributed by atoms with E-state index < -0.39 is 0 Å². The molecule has 2 N–H and O–H groups in total. The van der Waals surface area contributed by atoms with Crippen LogP contribution in [0.4, 0.5) is 0 Å². The lowest BCUT2D eigenvalue weighted by Crippen LogP contribution is -2.28. The molecule has 1 aromatic heterocycles. The number of hydrogen-bond donors (Lipinski definition) is 1. The van der Waals surface area contributed by atoms with Gasteiger partial charge in [-0.15, -0.1) is 23.7 Å². The molecule has 1 aromatic rings. The summed E-state index contributed by atoms with van der Waals surface area (Å²) < 4.78 is 0. The van der Waals surface area contributed by atoms with E-state index in [1.165, 1.54) is 4.88 Å². The molecule has 2 heterocycles. The van der Waals surface area contributed by atoms with E-state index in [4.69, 9.17) is 5.73 Å². The third-order valence-electron chi connectivity index (χ3n) is 2.84. The highest BCUT2D eigenvalue weighted by molar-refractivity contribution is 7.09. The maximum Gasteiger partial charge on any atom is 0.222 e. The number of likely N-dealkylation sites (tertiary alicyclic amines) is 1. The van der Waals surface area contributed by atoms with Gasteiger partial charge in [0.25, 0.3) is 0 Å². The lowest BCUT2D eigenvalue weighted by Gasteiger charge is -2.15. The van der Waals surface area contributed by atoms with Gasteiger partial charge in [0, 0.05) is 24.4 Å². The van der Waals surface area contributed by atoms with Gasteiger partial charge in [-0.2, -0.15) is 0 Å². The van der Waals surface area contributed by atoms with Crippen molar-refractivity contribution in [3.8, 4) is 0 Å². The highest BCUT2D eigenvalue weighted by Crippen LogP contribution is 2.18. The SMILES string of the molecule is Cl.NCC1CC(=O)N(CCc2cccs2)C1. The van der Waals surface area contributed by atoms with Crippen molar-refractivity contribution in [3.63, 3.8) is 0 Å². The minimum absolute atomic E-state index is 0. The molecule has 16 heavy (non-hydrogen) atoms. The zero-order valence-electron chi connectivity index (χ0n) is 9.09. The van der Waals surface area contributed by atoms with Gasteiger partial charge in [-0.1, -0.05) is 6.07 Å². The van der Waals surface area contributed by atoms with Crippen molar-refractivity contribution in [2.45, 2.75) is 12.8 Å². The topological polar surface area (TPSA) is 46.3 Å². The standard InChI is InChI=1S/C11H16N2OS.ClH/c12-7-9-6-11(14)13(8-9)4-3-10-2-1-5-15-10;/h1-2,5,9H,3-4,6-8,12H2;1H.